The van der Waals surface area contributed by atoms with Crippen LogP contribution in [0.5, 0.6) is 5.75 Å². The van der Waals surface area contributed by atoms with Gasteiger partial charge in [-0.05, 0) is 43.4 Å². The minimum absolute atomic E-state index is 0.0220. The van der Waals surface area contributed by atoms with E-state index in [1.165, 1.54) is 32.1 Å². The summed E-state index contributed by atoms with van der Waals surface area (Å²) in [6, 6.07) is 8.16. The van der Waals surface area contributed by atoms with Gasteiger partial charge in [0.05, 0.1) is 18.8 Å². The number of benzene rings is 1. The highest BCUT2D eigenvalue weighted by atomic mass is 16.5. The molecule has 0 bridgehead atoms. The third kappa shape index (κ3) is 4.19. The van der Waals surface area contributed by atoms with E-state index < -0.39 is 0 Å². The van der Waals surface area contributed by atoms with Crippen molar-refractivity contribution in [3.63, 3.8) is 0 Å². The zero-order chi connectivity index (χ0) is 15.1. The number of hydrazine groups is 1. The molecule has 1 aliphatic rings. The fourth-order valence-corrected chi connectivity index (χ4v) is 3.38. The number of hydrogen-bond acceptors (Lipinski definition) is 4. The van der Waals surface area contributed by atoms with Crippen LogP contribution in [-0.4, -0.2) is 19.8 Å². The molecule has 0 heterocycles. The van der Waals surface area contributed by atoms with E-state index in [-0.39, 0.29) is 12.1 Å². The Bertz CT molecular complexity index is 402. The predicted octanol–water partition coefficient (Wildman–Crippen LogP) is 3.19. The van der Waals surface area contributed by atoms with Crippen LogP contribution >= 0.6 is 0 Å². The summed E-state index contributed by atoms with van der Waals surface area (Å²) in [6.07, 6.45) is 6.52. The predicted molar refractivity (Wildman–Crippen MR) is 85.0 cm³/mol. The van der Waals surface area contributed by atoms with E-state index in [1.54, 1.807) is 7.11 Å². The minimum Gasteiger partial charge on any atom is -0.494 e. The molecule has 21 heavy (non-hydrogen) atoms. The van der Waals surface area contributed by atoms with Crippen LogP contribution in [0.15, 0.2) is 24.3 Å². The molecule has 4 nitrogen and oxygen atoms in total. The second kappa shape index (κ2) is 8.37. The van der Waals surface area contributed by atoms with E-state index in [0.717, 1.165) is 11.3 Å². The van der Waals surface area contributed by atoms with Crippen LogP contribution in [0, 0.1) is 5.92 Å². The van der Waals surface area contributed by atoms with Gasteiger partial charge in [0.2, 0.25) is 0 Å². The summed E-state index contributed by atoms with van der Waals surface area (Å²) in [4.78, 5) is 0. The summed E-state index contributed by atoms with van der Waals surface area (Å²) >= 11 is 0. The molecule has 1 aromatic carbocycles. The van der Waals surface area contributed by atoms with Crippen molar-refractivity contribution in [3.8, 4) is 5.75 Å². The Hall–Kier alpha value is -1.10. The van der Waals surface area contributed by atoms with Crippen LogP contribution < -0.4 is 16.0 Å². The SMILES string of the molecule is CCOc1ccc(C(NN)C(OC)C2CCCCC2)cc1. The Kier molecular flexibility index (Phi) is 6.49. The first-order chi connectivity index (χ1) is 10.3. The van der Waals surface area contributed by atoms with Crippen LogP contribution in [0.3, 0.4) is 0 Å². The second-order valence-corrected chi connectivity index (χ2v) is 5.74. The van der Waals surface area contributed by atoms with Crippen molar-refractivity contribution in [3.05, 3.63) is 29.8 Å². The molecule has 3 N–H and O–H groups in total. The maximum absolute atomic E-state index is 5.82. The lowest BCUT2D eigenvalue weighted by Gasteiger charge is -2.34. The van der Waals surface area contributed by atoms with Crippen LogP contribution in [0.1, 0.15) is 50.6 Å². The summed E-state index contributed by atoms with van der Waals surface area (Å²) in [5.74, 6) is 7.30. The molecule has 1 fully saturated rings. The lowest BCUT2D eigenvalue weighted by Crippen LogP contribution is -2.42. The standard InChI is InChI=1S/C17H28N2O2/c1-3-21-15-11-9-13(10-12-15)16(19-18)17(20-2)14-7-5-4-6-8-14/h9-12,14,16-17,19H,3-8,18H2,1-2H3. The summed E-state index contributed by atoms with van der Waals surface area (Å²) in [6.45, 7) is 2.67. The molecular weight excluding hydrogens is 264 g/mol. The largest absolute Gasteiger partial charge is 0.494 e. The van der Waals surface area contributed by atoms with Crippen LogP contribution in [0.4, 0.5) is 0 Å². The third-order valence-electron chi connectivity index (χ3n) is 4.44. The monoisotopic (exact) mass is 292 g/mol. The Labute approximate surface area is 128 Å². The normalized spacial score (nSPS) is 19.2. The maximum Gasteiger partial charge on any atom is 0.119 e. The van der Waals surface area contributed by atoms with E-state index in [4.69, 9.17) is 15.3 Å². The van der Waals surface area contributed by atoms with Gasteiger partial charge in [0.1, 0.15) is 5.75 Å². The number of nitrogens with two attached hydrogens (primary N) is 1. The molecule has 1 aromatic rings. The summed E-state index contributed by atoms with van der Waals surface area (Å²) in [5.41, 5.74) is 4.10. The molecule has 0 spiro atoms. The summed E-state index contributed by atoms with van der Waals surface area (Å²) in [5, 5.41) is 0. The molecule has 0 aliphatic heterocycles. The van der Waals surface area contributed by atoms with Gasteiger partial charge in [-0.25, -0.2) is 0 Å². The van der Waals surface area contributed by atoms with Gasteiger partial charge in [-0.2, -0.15) is 0 Å². The highest BCUT2D eigenvalue weighted by Crippen LogP contribution is 2.34. The van der Waals surface area contributed by atoms with Gasteiger partial charge in [0.25, 0.3) is 0 Å². The van der Waals surface area contributed by atoms with E-state index in [0.29, 0.717) is 12.5 Å². The van der Waals surface area contributed by atoms with E-state index in [2.05, 4.69) is 17.6 Å². The summed E-state index contributed by atoms with van der Waals surface area (Å²) in [7, 11) is 1.79. The van der Waals surface area contributed by atoms with E-state index >= 15 is 0 Å². The molecule has 2 unspecified atom stereocenters. The number of nitrogens with one attached hydrogen (secondary N) is 1. The quantitative estimate of drug-likeness (QED) is 0.598. The first kappa shape index (κ1) is 16.3. The van der Waals surface area contributed by atoms with E-state index in [9.17, 15) is 0 Å². The van der Waals surface area contributed by atoms with Crippen molar-refractivity contribution in [2.45, 2.75) is 51.2 Å². The molecular formula is C17H28N2O2. The molecule has 1 aliphatic carbocycles. The minimum atomic E-state index is 0.0220. The van der Waals surface area contributed by atoms with Crippen molar-refractivity contribution in [1.29, 1.82) is 0 Å². The van der Waals surface area contributed by atoms with Crippen molar-refractivity contribution in [1.82, 2.24) is 5.43 Å². The zero-order valence-corrected chi connectivity index (χ0v) is 13.2. The van der Waals surface area contributed by atoms with Gasteiger partial charge in [-0.3, -0.25) is 11.3 Å². The first-order valence-corrected chi connectivity index (χ1v) is 8.01. The van der Waals surface area contributed by atoms with Crippen molar-refractivity contribution in [2.75, 3.05) is 13.7 Å². The molecule has 0 amide bonds. The number of methoxy groups -OCH3 is 1. The molecule has 2 rings (SSSR count). The molecule has 0 radical (unpaired) electrons. The van der Waals surface area contributed by atoms with Crippen LogP contribution in [-0.2, 0) is 4.74 Å². The van der Waals surface area contributed by atoms with Gasteiger partial charge in [-0.1, -0.05) is 31.4 Å². The molecule has 1 saturated carbocycles. The molecule has 2 atom stereocenters. The van der Waals surface area contributed by atoms with Crippen LogP contribution in [0.25, 0.3) is 0 Å². The highest BCUT2D eigenvalue weighted by Gasteiger charge is 2.31. The topological polar surface area (TPSA) is 56.5 Å². The lowest BCUT2D eigenvalue weighted by molar-refractivity contribution is 0.00749. The van der Waals surface area contributed by atoms with Gasteiger partial charge < -0.3 is 9.47 Å². The molecule has 0 aromatic heterocycles. The van der Waals surface area contributed by atoms with Crippen LogP contribution in [0.2, 0.25) is 0 Å². The third-order valence-corrected chi connectivity index (χ3v) is 4.44. The molecule has 118 valence electrons. The van der Waals surface area contributed by atoms with Crippen molar-refractivity contribution < 1.29 is 9.47 Å². The Morgan fingerprint density at radius 3 is 2.38 bits per heavy atom. The second-order valence-electron chi connectivity index (χ2n) is 5.74. The highest BCUT2D eigenvalue weighted by molar-refractivity contribution is 5.30. The Morgan fingerprint density at radius 2 is 1.86 bits per heavy atom. The Morgan fingerprint density at radius 1 is 1.19 bits per heavy atom. The van der Waals surface area contributed by atoms with Crippen molar-refractivity contribution >= 4 is 0 Å². The average Bonchev–Trinajstić information content (AvgIpc) is 2.54. The average molecular weight is 292 g/mol. The fourth-order valence-electron chi connectivity index (χ4n) is 3.38. The van der Waals surface area contributed by atoms with Crippen molar-refractivity contribution in [2.24, 2.45) is 11.8 Å². The van der Waals surface area contributed by atoms with E-state index in [1.807, 2.05) is 19.1 Å². The Balaban J connectivity index is 2.11. The number of rotatable bonds is 7. The number of ether oxygens (including phenoxy) is 2. The summed E-state index contributed by atoms with van der Waals surface area (Å²) < 4.78 is 11.3. The molecule has 0 saturated heterocycles. The fraction of sp³-hybridized carbons (Fsp3) is 0.647. The lowest BCUT2D eigenvalue weighted by atomic mass is 9.81. The molecule has 4 heteroatoms. The number of hydrogen-bond donors (Lipinski definition) is 2. The van der Waals surface area contributed by atoms with Gasteiger partial charge in [0, 0.05) is 7.11 Å². The van der Waals surface area contributed by atoms with Gasteiger partial charge in [-0.15, -0.1) is 0 Å². The first-order valence-electron chi connectivity index (χ1n) is 8.01. The van der Waals surface area contributed by atoms with Gasteiger partial charge >= 0.3 is 0 Å². The van der Waals surface area contributed by atoms with Gasteiger partial charge in [0.15, 0.2) is 0 Å². The smallest absolute Gasteiger partial charge is 0.119 e. The zero-order valence-electron chi connectivity index (χ0n) is 13.2. The maximum atomic E-state index is 5.82.